The Balaban J connectivity index is 2.09. The van der Waals surface area contributed by atoms with Gasteiger partial charge < -0.3 is 4.90 Å². The molecule has 88 valence electrons. The first kappa shape index (κ1) is 11.3. The van der Waals surface area contributed by atoms with Gasteiger partial charge in [-0.15, -0.1) is 5.10 Å². The number of hydrogen-bond donors (Lipinski definition) is 0. The molecular formula is C11H13N5O. The van der Waals surface area contributed by atoms with Gasteiger partial charge in [0.1, 0.15) is 0 Å². The third-order valence-corrected chi connectivity index (χ3v) is 2.53. The Morgan fingerprint density at radius 3 is 2.65 bits per heavy atom. The second kappa shape index (κ2) is 4.73. The minimum absolute atomic E-state index is 0.0471. The molecule has 0 aliphatic heterocycles. The van der Waals surface area contributed by atoms with Crippen LogP contribution in [0, 0.1) is 0 Å². The molecule has 0 atom stereocenters. The third-order valence-electron chi connectivity index (χ3n) is 2.53. The summed E-state index contributed by atoms with van der Waals surface area (Å²) in [5.74, 6) is 0.506. The first-order chi connectivity index (χ1) is 8.18. The standard InChI is InChI=1S/C11H13N5O/c1-15(9-6-4-3-5-7-9)11(17)8-10-12-13-14-16(10)2/h3-7H,8H2,1-2H3. The summed E-state index contributed by atoms with van der Waals surface area (Å²) < 4.78 is 1.50. The minimum atomic E-state index is -0.0471. The number of para-hydroxylation sites is 1. The summed E-state index contributed by atoms with van der Waals surface area (Å²) in [5.41, 5.74) is 0.854. The maximum atomic E-state index is 12.0. The molecule has 2 aromatic rings. The molecule has 0 bridgehead atoms. The smallest absolute Gasteiger partial charge is 0.234 e. The van der Waals surface area contributed by atoms with E-state index in [9.17, 15) is 4.79 Å². The molecule has 0 unspecified atom stereocenters. The lowest BCUT2D eigenvalue weighted by Crippen LogP contribution is -2.28. The van der Waals surface area contributed by atoms with Crippen LogP contribution in [0.2, 0.25) is 0 Å². The molecule has 1 aromatic heterocycles. The fourth-order valence-corrected chi connectivity index (χ4v) is 1.45. The molecule has 0 aliphatic carbocycles. The van der Waals surface area contributed by atoms with E-state index in [-0.39, 0.29) is 12.3 Å². The van der Waals surface area contributed by atoms with Gasteiger partial charge in [0.05, 0.1) is 6.42 Å². The van der Waals surface area contributed by atoms with Gasteiger partial charge in [-0.25, -0.2) is 4.68 Å². The summed E-state index contributed by atoms with van der Waals surface area (Å²) in [4.78, 5) is 13.6. The average molecular weight is 231 g/mol. The average Bonchev–Trinajstić information content (AvgIpc) is 2.75. The summed E-state index contributed by atoms with van der Waals surface area (Å²) >= 11 is 0. The van der Waals surface area contributed by atoms with Crippen LogP contribution in [0.15, 0.2) is 30.3 Å². The Labute approximate surface area is 98.9 Å². The van der Waals surface area contributed by atoms with Gasteiger partial charge in [0.25, 0.3) is 0 Å². The number of rotatable bonds is 3. The number of hydrogen-bond acceptors (Lipinski definition) is 4. The number of aryl methyl sites for hydroxylation is 1. The molecule has 1 aromatic carbocycles. The van der Waals surface area contributed by atoms with Crippen LogP contribution in [-0.2, 0) is 18.3 Å². The molecule has 0 aliphatic rings. The van der Waals surface area contributed by atoms with E-state index in [1.807, 2.05) is 30.3 Å². The summed E-state index contributed by atoms with van der Waals surface area (Å²) in [6.07, 6.45) is 0.189. The highest BCUT2D eigenvalue weighted by Crippen LogP contribution is 2.12. The van der Waals surface area contributed by atoms with E-state index in [1.165, 1.54) is 4.68 Å². The highest BCUT2D eigenvalue weighted by Gasteiger charge is 2.14. The Hall–Kier alpha value is -2.24. The van der Waals surface area contributed by atoms with E-state index < -0.39 is 0 Å². The first-order valence-electron chi connectivity index (χ1n) is 5.21. The van der Waals surface area contributed by atoms with Crippen molar-refractivity contribution in [2.24, 2.45) is 7.05 Å². The van der Waals surface area contributed by atoms with Crippen molar-refractivity contribution in [2.75, 3.05) is 11.9 Å². The van der Waals surface area contributed by atoms with E-state index >= 15 is 0 Å². The van der Waals surface area contributed by atoms with Crippen LogP contribution in [0.25, 0.3) is 0 Å². The van der Waals surface area contributed by atoms with E-state index in [4.69, 9.17) is 0 Å². The van der Waals surface area contributed by atoms with Crippen LogP contribution in [0.4, 0.5) is 5.69 Å². The van der Waals surface area contributed by atoms with Crippen molar-refractivity contribution in [3.8, 4) is 0 Å². The Morgan fingerprint density at radius 1 is 1.35 bits per heavy atom. The van der Waals surface area contributed by atoms with Crippen molar-refractivity contribution < 1.29 is 4.79 Å². The number of tetrazole rings is 1. The van der Waals surface area contributed by atoms with E-state index in [1.54, 1.807) is 19.0 Å². The first-order valence-corrected chi connectivity index (χ1v) is 5.21. The fourth-order valence-electron chi connectivity index (χ4n) is 1.45. The lowest BCUT2D eigenvalue weighted by atomic mass is 10.2. The van der Waals surface area contributed by atoms with Crippen molar-refractivity contribution in [1.29, 1.82) is 0 Å². The maximum absolute atomic E-state index is 12.0. The molecule has 6 nitrogen and oxygen atoms in total. The summed E-state index contributed by atoms with van der Waals surface area (Å²) in [5, 5.41) is 11.0. The normalized spacial score (nSPS) is 10.2. The summed E-state index contributed by atoms with van der Waals surface area (Å²) in [6, 6.07) is 9.46. The molecule has 2 rings (SSSR count). The molecule has 1 amide bonds. The van der Waals surface area contributed by atoms with Gasteiger partial charge in [-0.05, 0) is 22.6 Å². The Morgan fingerprint density at radius 2 is 2.06 bits per heavy atom. The van der Waals surface area contributed by atoms with Crippen molar-refractivity contribution in [1.82, 2.24) is 20.2 Å². The third kappa shape index (κ3) is 2.47. The summed E-state index contributed by atoms with van der Waals surface area (Å²) in [7, 11) is 3.45. The van der Waals surface area contributed by atoms with Gasteiger partial charge in [-0.2, -0.15) is 0 Å². The van der Waals surface area contributed by atoms with E-state index in [0.29, 0.717) is 5.82 Å². The zero-order valence-corrected chi connectivity index (χ0v) is 9.74. The molecule has 0 spiro atoms. The molecule has 0 saturated heterocycles. The Bertz CT molecular complexity index is 508. The van der Waals surface area contributed by atoms with Crippen molar-refractivity contribution >= 4 is 11.6 Å². The second-order valence-corrected chi connectivity index (χ2v) is 3.68. The number of carbonyl (C=O) groups is 1. The SMILES string of the molecule is CN(C(=O)Cc1nnnn1C)c1ccccc1. The number of carbonyl (C=O) groups excluding carboxylic acids is 1. The number of benzene rings is 1. The monoisotopic (exact) mass is 231 g/mol. The zero-order valence-electron chi connectivity index (χ0n) is 9.74. The van der Waals surface area contributed by atoms with Crippen LogP contribution >= 0.6 is 0 Å². The molecular weight excluding hydrogens is 218 g/mol. The molecule has 6 heteroatoms. The van der Waals surface area contributed by atoms with Crippen LogP contribution in [0.1, 0.15) is 5.82 Å². The lowest BCUT2D eigenvalue weighted by Gasteiger charge is -2.16. The number of aromatic nitrogens is 4. The highest BCUT2D eigenvalue weighted by atomic mass is 16.2. The maximum Gasteiger partial charge on any atom is 0.234 e. The van der Waals surface area contributed by atoms with Crippen molar-refractivity contribution in [3.63, 3.8) is 0 Å². The molecule has 1 heterocycles. The molecule has 0 N–H and O–H groups in total. The van der Waals surface area contributed by atoms with Gasteiger partial charge in [0.2, 0.25) is 5.91 Å². The van der Waals surface area contributed by atoms with E-state index in [2.05, 4.69) is 15.5 Å². The van der Waals surface area contributed by atoms with Gasteiger partial charge in [-0.1, -0.05) is 18.2 Å². The molecule has 0 radical (unpaired) electrons. The van der Waals surface area contributed by atoms with Gasteiger partial charge in [0.15, 0.2) is 5.82 Å². The number of likely N-dealkylation sites (N-methyl/N-ethyl adjacent to an activating group) is 1. The predicted octanol–water partition coefficient (Wildman–Crippen LogP) is 0.416. The van der Waals surface area contributed by atoms with Crippen molar-refractivity contribution in [2.45, 2.75) is 6.42 Å². The number of anilines is 1. The van der Waals surface area contributed by atoms with Crippen LogP contribution in [-0.4, -0.2) is 33.2 Å². The van der Waals surface area contributed by atoms with E-state index in [0.717, 1.165) is 5.69 Å². The fraction of sp³-hybridized carbons (Fsp3) is 0.273. The van der Waals surface area contributed by atoms with Crippen LogP contribution < -0.4 is 4.90 Å². The molecule has 0 saturated carbocycles. The Kier molecular flexibility index (Phi) is 3.13. The number of amides is 1. The summed E-state index contributed by atoms with van der Waals surface area (Å²) in [6.45, 7) is 0. The van der Waals surface area contributed by atoms with Gasteiger partial charge >= 0.3 is 0 Å². The molecule has 0 fully saturated rings. The van der Waals surface area contributed by atoms with Crippen LogP contribution in [0.5, 0.6) is 0 Å². The lowest BCUT2D eigenvalue weighted by molar-refractivity contribution is -0.117. The highest BCUT2D eigenvalue weighted by molar-refractivity contribution is 5.93. The largest absolute Gasteiger partial charge is 0.315 e. The molecule has 17 heavy (non-hydrogen) atoms. The predicted molar refractivity (Wildman–Crippen MR) is 62.4 cm³/mol. The van der Waals surface area contributed by atoms with Crippen LogP contribution in [0.3, 0.4) is 0 Å². The zero-order chi connectivity index (χ0) is 12.3. The topological polar surface area (TPSA) is 63.9 Å². The van der Waals surface area contributed by atoms with Gasteiger partial charge in [0, 0.05) is 19.8 Å². The quantitative estimate of drug-likeness (QED) is 0.767. The van der Waals surface area contributed by atoms with Crippen molar-refractivity contribution in [3.05, 3.63) is 36.2 Å². The minimum Gasteiger partial charge on any atom is -0.315 e. The second-order valence-electron chi connectivity index (χ2n) is 3.68. The number of nitrogens with zero attached hydrogens (tertiary/aromatic N) is 5. The van der Waals surface area contributed by atoms with Gasteiger partial charge in [-0.3, -0.25) is 4.79 Å².